The van der Waals surface area contributed by atoms with E-state index in [0.29, 0.717) is 0 Å². The average molecular weight is 659 g/mol. The zero-order valence-electron chi connectivity index (χ0n) is 19.9. The van der Waals surface area contributed by atoms with E-state index in [4.69, 9.17) is 14.6 Å². The van der Waals surface area contributed by atoms with Gasteiger partial charge in [-0.15, -0.1) is 0 Å². The Kier molecular flexibility index (Phi) is 8.87. The fraction of sp³-hybridized carbons (Fsp3) is 0.107. The van der Waals surface area contributed by atoms with Crippen molar-refractivity contribution in [3.05, 3.63) is 109 Å². The molecular formula is C28H24IrN3O4+. The summed E-state index contributed by atoms with van der Waals surface area (Å²) in [5.41, 5.74) is 3.98. The van der Waals surface area contributed by atoms with Gasteiger partial charge in [0.05, 0.1) is 37.3 Å². The maximum atomic E-state index is 10.2. The third kappa shape index (κ3) is 5.93. The van der Waals surface area contributed by atoms with Crippen LogP contribution in [0, 0.1) is 6.08 Å². The molecule has 2 aromatic carbocycles. The normalized spacial score (nSPS) is 11.8. The number of ether oxygens (including phenoxy) is 2. The number of carboxylic acid groups (broad SMARTS) is 1. The Bertz CT molecular complexity index is 1440. The molecule has 0 spiro atoms. The molecule has 2 aromatic heterocycles. The van der Waals surface area contributed by atoms with Crippen molar-refractivity contribution >= 4 is 27.9 Å². The van der Waals surface area contributed by atoms with Crippen molar-refractivity contribution in [1.82, 2.24) is 14.5 Å². The average Bonchev–Trinajstić information content (AvgIpc) is 3.34. The molecule has 0 fully saturated rings. The molecule has 0 aliphatic heterocycles. The molecular weight excluding hydrogens is 635 g/mol. The van der Waals surface area contributed by atoms with Gasteiger partial charge in [0.15, 0.2) is 11.3 Å². The Balaban J connectivity index is 0.000000307. The van der Waals surface area contributed by atoms with Crippen LogP contribution in [0.4, 0.5) is 0 Å². The van der Waals surface area contributed by atoms with E-state index in [9.17, 15) is 4.79 Å². The standard InChI is InChI=1S/C23H18NO2.C5H6N2O2.Ir/c1-25-20-13-19(14-21(15-20)26-2)17-7-5-8-18(12-17)23-22-9-4-3-6-16(22)10-11-24-23;1-7-3-2-6-4(7)5(8)9;/h3-7,9-15H,1-2H3;2-3H,1H3,(H,8,9);/q+1;;. The molecule has 7 nitrogen and oxygen atoms in total. The third-order valence-electron chi connectivity index (χ3n) is 5.43. The number of imidazole rings is 1. The Morgan fingerprint density at radius 1 is 1.00 bits per heavy atom. The minimum absolute atomic E-state index is 0. The van der Waals surface area contributed by atoms with E-state index in [1.165, 1.54) is 16.2 Å². The predicted molar refractivity (Wildman–Crippen MR) is 135 cm³/mol. The Morgan fingerprint density at radius 2 is 1.72 bits per heavy atom. The van der Waals surface area contributed by atoms with Gasteiger partial charge in [-0.05, 0) is 29.7 Å². The van der Waals surface area contributed by atoms with Crippen LogP contribution in [-0.2, 0) is 27.2 Å². The first-order chi connectivity index (χ1) is 17.0. The molecule has 8 heteroatoms. The zero-order valence-corrected chi connectivity index (χ0v) is 22.3. The summed E-state index contributed by atoms with van der Waals surface area (Å²) < 4.78 is 12.2. The third-order valence-corrected chi connectivity index (χ3v) is 5.43. The Morgan fingerprint density at radius 3 is 2.33 bits per heavy atom. The number of rotatable bonds is 5. The number of aryl methyl sites for hydroxylation is 1. The monoisotopic (exact) mass is 659 g/mol. The first kappa shape index (κ1) is 26.5. The molecule has 2 heterocycles. The number of carbonyl (C=O) groups is 1. The van der Waals surface area contributed by atoms with Crippen LogP contribution < -0.4 is 9.47 Å². The predicted octanol–water partition coefficient (Wildman–Crippen LogP) is 5.21. The summed E-state index contributed by atoms with van der Waals surface area (Å²) in [5, 5.41) is 10.7. The van der Waals surface area contributed by atoms with E-state index >= 15 is 0 Å². The molecule has 0 unspecified atom stereocenters. The second-order valence-electron chi connectivity index (χ2n) is 7.64. The van der Waals surface area contributed by atoms with Crippen molar-refractivity contribution < 1.29 is 39.5 Å². The minimum atomic E-state index is -0.998. The van der Waals surface area contributed by atoms with Crippen LogP contribution >= 0.6 is 0 Å². The van der Waals surface area contributed by atoms with Crippen molar-refractivity contribution in [1.29, 1.82) is 0 Å². The number of allylic oxidation sites excluding steroid dienone is 6. The molecule has 0 bridgehead atoms. The summed E-state index contributed by atoms with van der Waals surface area (Å²) in [4.78, 5) is 18.4. The molecule has 1 N–H and O–H groups in total. The number of aromatic carboxylic acids is 1. The quantitative estimate of drug-likeness (QED) is 0.297. The van der Waals surface area contributed by atoms with Gasteiger partial charge in [0.25, 0.3) is 0 Å². The van der Waals surface area contributed by atoms with Gasteiger partial charge < -0.3 is 19.1 Å². The largest absolute Gasteiger partial charge is 0.497 e. The van der Waals surface area contributed by atoms with Gasteiger partial charge in [0.1, 0.15) is 11.5 Å². The van der Waals surface area contributed by atoms with Gasteiger partial charge in [-0.3, -0.25) is 0 Å². The number of hydrogen-bond donors (Lipinski definition) is 1. The molecule has 1 aliphatic rings. The molecule has 183 valence electrons. The van der Waals surface area contributed by atoms with Gasteiger partial charge in [-0.2, -0.15) is 0 Å². The van der Waals surface area contributed by atoms with Crippen molar-refractivity contribution in [3.63, 3.8) is 0 Å². The van der Waals surface area contributed by atoms with Gasteiger partial charge in [-0.25, -0.2) is 14.8 Å². The van der Waals surface area contributed by atoms with Crippen LogP contribution in [0.3, 0.4) is 0 Å². The van der Waals surface area contributed by atoms with Gasteiger partial charge in [0.2, 0.25) is 5.82 Å². The molecule has 0 saturated carbocycles. The first-order valence-electron chi connectivity index (χ1n) is 10.8. The first-order valence-corrected chi connectivity index (χ1v) is 10.8. The van der Waals surface area contributed by atoms with Crippen LogP contribution in [0.5, 0.6) is 11.5 Å². The Hall–Kier alpha value is -4.09. The van der Waals surface area contributed by atoms with E-state index in [0.717, 1.165) is 39.3 Å². The molecule has 36 heavy (non-hydrogen) atoms. The van der Waals surface area contributed by atoms with Gasteiger partial charge in [0, 0.05) is 69.5 Å². The van der Waals surface area contributed by atoms with Crippen LogP contribution in [-0.4, -0.2) is 39.8 Å². The Labute approximate surface area is 222 Å². The van der Waals surface area contributed by atoms with E-state index in [1.54, 1.807) is 27.5 Å². The van der Waals surface area contributed by atoms with Crippen molar-refractivity contribution in [2.45, 2.75) is 0 Å². The molecule has 0 amide bonds. The van der Waals surface area contributed by atoms with E-state index in [-0.39, 0.29) is 25.9 Å². The summed E-state index contributed by atoms with van der Waals surface area (Å²) in [5.74, 6) is 0.589. The SMILES string of the molecule is COc1cc(OC)cc(C2=CC(c3nccc4ccccc34)=[C+]C=C2)c1.Cn1ccnc1C(=O)O.[Ir]. The van der Waals surface area contributed by atoms with E-state index < -0.39 is 5.97 Å². The number of nitrogens with zero attached hydrogens (tertiary/aromatic N) is 3. The zero-order chi connectivity index (χ0) is 24.8. The molecule has 4 aromatic rings. The van der Waals surface area contributed by atoms with Crippen LogP contribution in [0.15, 0.2) is 85.3 Å². The van der Waals surface area contributed by atoms with E-state index in [2.05, 4.69) is 34.3 Å². The topological polar surface area (TPSA) is 86.5 Å². The number of hydrogen-bond acceptors (Lipinski definition) is 5. The van der Waals surface area contributed by atoms with Crippen molar-refractivity contribution in [2.24, 2.45) is 7.05 Å². The molecule has 1 aliphatic carbocycles. The summed E-state index contributed by atoms with van der Waals surface area (Å²) in [7, 11) is 4.95. The maximum absolute atomic E-state index is 10.2. The number of benzene rings is 2. The minimum Gasteiger partial charge on any atom is -0.497 e. The van der Waals surface area contributed by atoms with Crippen LogP contribution in [0.25, 0.3) is 21.9 Å². The summed E-state index contributed by atoms with van der Waals surface area (Å²) in [6.45, 7) is 0. The fourth-order valence-electron chi connectivity index (χ4n) is 3.66. The summed E-state index contributed by atoms with van der Waals surface area (Å²) in [6, 6.07) is 16.1. The molecule has 1 radical (unpaired) electrons. The molecule has 0 saturated heterocycles. The number of aromatic nitrogens is 3. The van der Waals surface area contributed by atoms with Crippen LogP contribution in [0.1, 0.15) is 21.9 Å². The number of fused-ring (bicyclic) bond motifs is 1. The fourth-order valence-corrected chi connectivity index (χ4v) is 3.66. The molecule has 0 atom stereocenters. The second kappa shape index (κ2) is 12.0. The summed E-state index contributed by atoms with van der Waals surface area (Å²) in [6.07, 6.45) is 14.3. The number of carboxylic acids is 1. The van der Waals surface area contributed by atoms with Gasteiger partial charge >= 0.3 is 5.97 Å². The van der Waals surface area contributed by atoms with E-state index in [1.807, 2.05) is 54.7 Å². The van der Waals surface area contributed by atoms with Gasteiger partial charge in [-0.1, -0.05) is 18.2 Å². The maximum Gasteiger partial charge on any atom is 0.372 e. The number of methoxy groups -OCH3 is 2. The second-order valence-corrected chi connectivity index (χ2v) is 7.64. The number of pyridine rings is 1. The van der Waals surface area contributed by atoms with Crippen molar-refractivity contribution in [3.8, 4) is 11.5 Å². The summed E-state index contributed by atoms with van der Waals surface area (Å²) >= 11 is 0. The van der Waals surface area contributed by atoms with Crippen LogP contribution in [0.2, 0.25) is 0 Å². The van der Waals surface area contributed by atoms with Crippen molar-refractivity contribution in [2.75, 3.05) is 14.2 Å². The molecule has 5 rings (SSSR count). The smallest absolute Gasteiger partial charge is 0.372 e.